The van der Waals surface area contributed by atoms with E-state index in [1.807, 2.05) is 13.0 Å². The molecule has 18 heavy (non-hydrogen) atoms. The standard InChI is InChI=1S/C15H23FN2/c1-12-11-14(16)3-4-15(12)13-5-9-18(10-6-13)8-2-7-17/h3-4,11,13H,2,5-10,17H2,1H3. The molecule has 0 unspecified atom stereocenters. The van der Waals surface area contributed by atoms with Crippen LogP contribution < -0.4 is 5.73 Å². The van der Waals surface area contributed by atoms with Gasteiger partial charge in [-0.15, -0.1) is 0 Å². The molecular formula is C15H23FN2. The van der Waals surface area contributed by atoms with Crippen LogP contribution in [0.3, 0.4) is 0 Å². The van der Waals surface area contributed by atoms with Gasteiger partial charge in [-0.25, -0.2) is 4.39 Å². The zero-order chi connectivity index (χ0) is 13.0. The second kappa shape index (κ2) is 6.30. The predicted molar refractivity (Wildman–Crippen MR) is 73.2 cm³/mol. The van der Waals surface area contributed by atoms with Crippen molar-refractivity contribution in [2.24, 2.45) is 5.73 Å². The number of hydrogen-bond donors (Lipinski definition) is 1. The van der Waals surface area contributed by atoms with E-state index in [0.717, 1.165) is 38.2 Å². The molecule has 1 heterocycles. The van der Waals surface area contributed by atoms with Gasteiger partial charge in [0.05, 0.1) is 0 Å². The highest BCUT2D eigenvalue weighted by Gasteiger charge is 2.21. The molecule has 100 valence electrons. The van der Waals surface area contributed by atoms with Gasteiger partial charge in [0.2, 0.25) is 0 Å². The van der Waals surface area contributed by atoms with Gasteiger partial charge in [0, 0.05) is 0 Å². The van der Waals surface area contributed by atoms with Crippen molar-refractivity contribution >= 4 is 0 Å². The van der Waals surface area contributed by atoms with E-state index in [0.29, 0.717) is 5.92 Å². The minimum atomic E-state index is -0.128. The van der Waals surface area contributed by atoms with Crippen LogP contribution in [0, 0.1) is 12.7 Å². The van der Waals surface area contributed by atoms with E-state index in [9.17, 15) is 4.39 Å². The minimum Gasteiger partial charge on any atom is -0.330 e. The molecule has 0 atom stereocenters. The summed E-state index contributed by atoms with van der Waals surface area (Å²) in [4.78, 5) is 2.49. The molecule has 0 saturated carbocycles. The fraction of sp³-hybridized carbons (Fsp3) is 0.600. The van der Waals surface area contributed by atoms with Crippen LogP contribution in [0.25, 0.3) is 0 Å². The lowest BCUT2D eigenvalue weighted by Crippen LogP contribution is -2.34. The summed E-state index contributed by atoms with van der Waals surface area (Å²) in [5, 5.41) is 0. The maximum absolute atomic E-state index is 13.1. The summed E-state index contributed by atoms with van der Waals surface area (Å²) in [6.07, 6.45) is 3.44. The number of halogens is 1. The van der Waals surface area contributed by atoms with Crippen LogP contribution in [0.5, 0.6) is 0 Å². The number of rotatable bonds is 4. The third kappa shape index (κ3) is 3.30. The van der Waals surface area contributed by atoms with Crippen molar-refractivity contribution in [1.29, 1.82) is 0 Å². The molecule has 1 aromatic rings. The summed E-state index contributed by atoms with van der Waals surface area (Å²) >= 11 is 0. The predicted octanol–water partition coefficient (Wildman–Crippen LogP) is 2.66. The Morgan fingerprint density at radius 3 is 2.67 bits per heavy atom. The van der Waals surface area contributed by atoms with Crippen LogP contribution in [0.1, 0.15) is 36.3 Å². The van der Waals surface area contributed by atoms with E-state index in [4.69, 9.17) is 5.73 Å². The van der Waals surface area contributed by atoms with Crippen molar-refractivity contribution in [3.05, 3.63) is 35.1 Å². The Morgan fingerprint density at radius 2 is 2.06 bits per heavy atom. The molecule has 1 saturated heterocycles. The Bertz CT molecular complexity index is 384. The molecular weight excluding hydrogens is 227 g/mol. The summed E-state index contributed by atoms with van der Waals surface area (Å²) < 4.78 is 13.1. The van der Waals surface area contributed by atoms with Gasteiger partial charge in [0.1, 0.15) is 5.82 Å². The van der Waals surface area contributed by atoms with Crippen LogP contribution in [0.2, 0.25) is 0 Å². The van der Waals surface area contributed by atoms with E-state index in [2.05, 4.69) is 4.90 Å². The Morgan fingerprint density at radius 1 is 1.33 bits per heavy atom. The molecule has 1 aliphatic rings. The normalized spacial score (nSPS) is 18.2. The molecule has 1 aliphatic heterocycles. The van der Waals surface area contributed by atoms with Gasteiger partial charge in [-0.1, -0.05) is 6.07 Å². The number of hydrogen-bond acceptors (Lipinski definition) is 2. The molecule has 2 rings (SSSR count). The van der Waals surface area contributed by atoms with Crippen molar-refractivity contribution in [1.82, 2.24) is 4.90 Å². The third-order valence-corrected chi connectivity index (χ3v) is 3.94. The summed E-state index contributed by atoms with van der Waals surface area (Å²) in [6, 6.07) is 5.20. The number of nitrogens with two attached hydrogens (primary N) is 1. The van der Waals surface area contributed by atoms with Crippen LogP contribution >= 0.6 is 0 Å². The van der Waals surface area contributed by atoms with Gasteiger partial charge in [-0.05, 0) is 81.5 Å². The fourth-order valence-electron chi connectivity index (χ4n) is 2.88. The topological polar surface area (TPSA) is 29.3 Å². The van der Waals surface area contributed by atoms with Crippen molar-refractivity contribution < 1.29 is 4.39 Å². The molecule has 0 radical (unpaired) electrons. The van der Waals surface area contributed by atoms with Crippen molar-refractivity contribution in [3.8, 4) is 0 Å². The second-order valence-corrected chi connectivity index (χ2v) is 5.26. The first-order valence-corrected chi connectivity index (χ1v) is 6.89. The van der Waals surface area contributed by atoms with Gasteiger partial charge >= 0.3 is 0 Å². The first-order valence-electron chi connectivity index (χ1n) is 6.89. The van der Waals surface area contributed by atoms with Crippen LogP contribution in [0.15, 0.2) is 18.2 Å². The Hall–Kier alpha value is -0.930. The van der Waals surface area contributed by atoms with Crippen molar-refractivity contribution in [2.45, 2.75) is 32.1 Å². The average Bonchev–Trinajstić information content (AvgIpc) is 2.37. The molecule has 3 heteroatoms. The van der Waals surface area contributed by atoms with Gasteiger partial charge in [0.15, 0.2) is 0 Å². The summed E-state index contributed by atoms with van der Waals surface area (Å²) in [5.41, 5.74) is 7.96. The largest absolute Gasteiger partial charge is 0.330 e. The summed E-state index contributed by atoms with van der Waals surface area (Å²) in [5.74, 6) is 0.469. The van der Waals surface area contributed by atoms with Gasteiger partial charge in [0.25, 0.3) is 0 Å². The number of nitrogens with zero attached hydrogens (tertiary/aromatic N) is 1. The quantitative estimate of drug-likeness (QED) is 0.890. The highest BCUT2D eigenvalue weighted by molar-refractivity contribution is 5.30. The lowest BCUT2D eigenvalue weighted by molar-refractivity contribution is 0.211. The Labute approximate surface area is 109 Å². The summed E-state index contributed by atoms with van der Waals surface area (Å²) in [7, 11) is 0. The van der Waals surface area contributed by atoms with Gasteiger partial charge in [-0.3, -0.25) is 0 Å². The third-order valence-electron chi connectivity index (χ3n) is 3.94. The average molecular weight is 250 g/mol. The smallest absolute Gasteiger partial charge is 0.123 e. The molecule has 1 aromatic carbocycles. The maximum Gasteiger partial charge on any atom is 0.123 e. The number of aryl methyl sites for hydroxylation is 1. The second-order valence-electron chi connectivity index (χ2n) is 5.26. The van der Waals surface area contributed by atoms with E-state index in [1.54, 1.807) is 12.1 Å². The SMILES string of the molecule is Cc1cc(F)ccc1C1CCN(CCCN)CC1. The number of piperidine rings is 1. The lowest BCUT2D eigenvalue weighted by Gasteiger charge is -2.32. The van der Waals surface area contributed by atoms with E-state index in [1.165, 1.54) is 18.4 Å². The molecule has 0 bridgehead atoms. The molecule has 2 nitrogen and oxygen atoms in total. The molecule has 0 spiro atoms. The highest BCUT2D eigenvalue weighted by Crippen LogP contribution is 2.30. The van der Waals surface area contributed by atoms with Gasteiger partial charge in [-0.2, -0.15) is 0 Å². The molecule has 0 aliphatic carbocycles. The Balaban J connectivity index is 1.93. The molecule has 2 N–H and O–H groups in total. The molecule has 0 amide bonds. The van der Waals surface area contributed by atoms with Crippen LogP contribution in [-0.4, -0.2) is 31.1 Å². The zero-order valence-corrected chi connectivity index (χ0v) is 11.2. The first-order chi connectivity index (χ1) is 8.70. The monoisotopic (exact) mass is 250 g/mol. The first kappa shape index (κ1) is 13.5. The zero-order valence-electron chi connectivity index (χ0n) is 11.2. The van der Waals surface area contributed by atoms with Crippen molar-refractivity contribution in [2.75, 3.05) is 26.2 Å². The van der Waals surface area contributed by atoms with E-state index in [-0.39, 0.29) is 5.82 Å². The van der Waals surface area contributed by atoms with Crippen LogP contribution in [-0.2, 0) is 0 Å². The maximum atomic E-state index is 13.1. The fourth-order valence-corrected chi connectivity index (χ4v) is 2.88. The van der Waals surface area contributed by atoms with Crippen LogP contribution in [0.4, 0.5) is 4.39 Å². The van der Waals surface area contributed by atoms with Crippen molar-refractivity contribution in [3.63, 3.8) is 0 Å². The highest BCUT2D eigenvalue weighted by atomic mass is 19.1. The summed E-state index contributed by atoms with van der Waals surface area (Å²) in [6.45, 7) is 6.19. The molecule has 1 fully saturated rings. The minimum absolute atomic E-state index is 0.128. The molecule has 0 aromatic heterocycles. The number of benzene rings is 1. The Kier molecular flexibility index (Phi) is 4.72. The van der Waals surface area contributed by atoms with E-state index < -0.39 is 0 Å². The van der Waals surface area contributed by atoms with Gasteiger partial charge < -0.3 is 10.6 Å². The lowest BCUT2D eigenvalue weighted by atomic mass is 9.87. The number of likely N-dealkylation sites (tertiary alicyclic amines) is 1. The van der Waals surface area contributed by atoms with E-state index >= 15 is 0 Å².